The second-order valence-corrected chi connectivity index (χ2v) is 5.48. The molecule has 2 aromatic heterocycles. The number of nitrogens with two attached hydrogens (primary N) is 1. The number of allylic oxidation sites excluding steroid dienone is 2. The Morgan fingerprint density at radius 2 is 2.17 bits per heavy atom. The van der Waals surface area contributed by atoms with Gasteiger partial charge in [-0.25, -0.2) is 9.97 Å². The normalized spacial score (nSPS) is 13.0. The first-order chi connectivity index (χ1) is 11.1. The highest BCUT2D eigenvalue weighted by molar-refractivity contribution is 5.97. The monoisotopic (exact) mass is 309 g/mol. The summed E-state index contributed by atoms with van der Waals surface area (Å²) in [5, 5.41) is 6.15. The van der Waals surface area contributed by atoms with Crippen LogP contribution < -0.4 is 16.4 Å². The van der Waals surface area contributed by atoms with E-state index in [1.165, 1.54) is 11.1 Å². The van der Waals surface area contributed by atoms with E-state index < -0.39 is 5.91 Å². The number of nitrogens with zero attached hydrogens (tertiary/aromatic N) is 2. The summed E-state index contributed by atoms with van der Waals surface area (Å²) in [6, 6.07) is 5.74. The lowest BCUT2D eigenvalue weighted by molar-refractivity contribution is 0.0996. The average molecular weight is 309 g/mol. The Morgan fingerprint density at radius 3 is 2.91 bits per heavy atom. The standard InChI is InChI=1S/C17H19N5O/c1-10-4-3-5-13-12(10)6-7-15(21-13)22-14-8-11(19-2)9-20-16(14)17(18)23/h4,6-9,19H,3,5H2,1-2H3,(H2,18,23)(H,21,22). The van der Waals surface area contributed by atoms with Gasteiger partial charge in [-0.15, -0.1) is 0 Å². The summed E-state index contributed by atoms with van der Waals surface area (Å²) in [5.74, 6) is 0.0999. The van der Waals surface area contributed by atoms with Gasteiger partial charge in [0.2, 0.25) is 0 Å². The lowest BCUT2D eigenvalue weighted by atomic mass is 9.96. The Morgan fingerprint density at radius 1 is 1.35 bits per heavy atom. The Kier molecular flexibility index (Phi) is 3.97. The summed E-state index contributed by atoms with van der Waals surface area (Å²) in [5.41, 5.74) is 10.4. The van der Waals surface area contributed by atoms with Gasteiger partial charge in [0.05, 0.1) is 23.3 Å². The largest absolute Gasteiger partial charge is 0.387 e. The molecule has 1 aliphatic carbocycles. The topological polar surface area (TPSA) is 92.9 Å². The van der Waals surface area contributed by atoms with Crippen molar-refractivity contribution in [2.24, 2.45) is 5.73 Å². The van der Waals surface area contributed by atoms with E-state index in [1.807, 2.05) is 6.07 Å². The maximum absolute atomic E-state index is 11.6. The third kappa shape index (κ3) is 3.01. The zero-order valence-electron chi connectivity index (χ0n) is 13.2. The first-order valence-electron chi connectivity index (χ1n) is 7.50. The molecule has 0 atom stereocenters. The van der Waals surface area contributed by atoms with Crippen molar-refractivity contribution in [2.75, 3.05) is 17.7 Å². The van der Waals surface area contributed by atoms with Crippen molar-refractivity contribution < 1.29 is 4.79 Å². The highest BCUT2D eigenvalue weighted by atomic mass is 16.1. The minimum absolute atomic E-state index is 0.194. The van der Waals surface area contributed by atoms with Crippen LogP contribution >= 0.6 is 0 Å². The van der Waals surface area contributed by atoms with E-state index in [9.17, 15) is 4.79 Å². The molecule has 0 aromatic carbocycles. The predicted octanol–water partition coefficient (Wildman–Crippen LogP) is 2.71. The number of rotatable bonds is 4. The van der Waals surface area contributed by atoms with Crippen molar-refractivity contribution >= 4 is 28.7 Å². The van der Waals surface area contributed by atoms with Gasteiger partial charge < -0.3 is 16.4 Å². The smallest absolute Gasteiger partial charge is 0.269 e. The van der Waals surface area contributed by atoms with E-state index in [0.29, 0.717) is 11.5 Å². The molecule has 3 rings (SSSR count). The minimum Gasteiger partial charge on any atom is -0.387 e. The fraction of sp³-hybridized carbons (Fsp3) is 0.235. The fourth-order valence-corrected chi connectivity index (χ4v) is 2.69. The second kappa shape index (κ2) is 6.08. The van der Waals surface area contributed by atoms with Crippen LogP contribution in [-0.2, 0) is 6.42 Å². The molecule has 6 nitrogen and oxygen atoms in total. The number of anilines is 3. The van der Waals surface area contributed by atoms with Crippen LogP contribution in [0.3, 0.4) is 0 Å². The van der Waals surface area contributed by atoms with Crippen molar-refractivity contribution in [1.82, 2.24) is 9.97 Å². The number of amides is 1. The highest BCUT2D eigenvalue weighted by Gasteiger charge is 2.14. The highest BCUT2D eigenvalue weighted by Crippen LogP contribution is 2.28. The first kappa shape index (κ1) is 15.0. The summed E-state index contributed by atoms with van der Waals surface area (Å²) in [4.78, 5) is 20.3. The molecule has 0 radical (unpaired) electrons. The Hall–Kier alpha value is -2.89. The molecule has 0 saturated carbocycles. The summed E-state index contributed by atoms with van der Waals surface area (Å²) in [7, 11) is 1.79. The van der Waals surface area contributed by atoms with Crippen LogP contribution in [-0.4, -0.2) is 22.9 Å². The van der Waals surface area contributed by atoms with E-state index in [4.69, 9.17) is 5.73 Å². The maximum Gasteiger partial charge on any atom is 0.269 e. The summed E-state index contributed by atoms with van der Waals surface area (Å²) in [6.45, 7) is 2.10. The molecule has 1 aliphatic rings. The van der Waals surface area contributed by atoms with Gasteiger partial charge in [0.25, 0.3) is 5.91 Å². The molecule has 23 heavy (non-hydrogen) atoms. The SMILES string of the molecule is CNc1cnc(C(N)=O)c(Nc2ccc3c(n2)CCC=C3C)c1. The van der Waals surface area contributed by atoms with Crippen LogP contribution in [0.1, 0.15) is 35.1 Å². The number of primary amides is 1. The number of pyridine rings is 2. The number of hydrogen-bond acceptors (Lipinski definition) is 5. The van der Waals surface area contributed by atoms with Gasteiger partial charge in [0, 0.05) is 7.05 Å². The fourth-order valence-electron chi connectivity index (χ4n) is 2.69. The van der Waals surface area contributed by atoms with Crippen molar-refractivity contribution in [2.45, 2.75) is 19.8 Å². The lowest BCUT2D eigenvalue weighted by Crippen LogP contribution is -2.16. The third-order valence-electron chi connectivity index (χ3n) is 3.90. The van der Waals surface area contributed by atoms with E-state index >= 15 is 0 Å². The van der Waals surface area contributed by atoms with Crippen LogP contribution in [0.25, 0.3) is 5.57 Å². The number of nitrogens with one attached hydrogen (secondary N) is 2. The molecular formula is C17H19N5O. The zero-order valence-corrected chi connectivity index (χ0v) is 13.2. The molecule has 118 valence electrons. The zero-order chi connectivity index (χ0) is 16.4. The van der Waals surface area contributed by atoms with Gasteiger partial charge in [-0.1, -0.05) is 6.08 Å². The van der Waals surface area contributed by atoms with Crippen molar-refractivity contribution in [3.05, 3.63) is 47.4 Å². The van der Waals surface area contributed by atoms with Gasteiger partial charge in [-0.2, -0.15) is 0 Å². The number of carbonyl (C=O) groups excluding carboxylic acids is 1. The average Bonchev–Trinajstić information content (AvgIpc) is 2.54. The molecule has 1 amide bonds. The Labute approximate surface area is 134 Å². The Bertz CT molecular complexity index is 798. The van der Waals surface area contributed by atoms with Gasteiger partial charge in [0.15, 0.2) is 5.69 Å². The molecule has 4 N–H and O–H groups in total. The molecule has 0 bridgehead atoms. The molecule has 0 spiro atoms. The molecule has 0 aliphatic heterocycles. The lowest BCUT2D eigenvalue weighted by Gasteiger charge is -2.16. The minimum atomic E-state index is -0.577. The number of hydrogen-bond donors (Lipinski definition) is 3. The molecule has 6 heteroatoms. The molecule has 0 fully saturated rings. The summed E-state index contributed by atoms with van der Waals surface area (Å²) < 4.78 is 0. The molecule has 0 unspecified atom stereocenters. The van der Waals surface area contributed by atoms with Gasteiger partial charge in [0.1, 0.15) is 5.82 Å². The third-order valence-corrected chi connectivity index (χ3v) is 3.90. The van der Waals surface area contributed by atoms with E-state index in [2.05, 4.69) is 39.7 Å². The van der Waals surface area contributed by atoms with Crippen molar-refractivity contribution in [1.29, 1.82) is 0 Å². The van der Waals surface area contributed by atoms with Crippen LogP contribution in [0.4, 0.5) is 17.2 Å². The van der Waals surface area contributed by atoms with Gasteiger partial charge in [-0.3, -0.25) is 4.79 Å². The van der Waals surface area contributed by atoms with Crippen LogP contribution in [0.5, 0.6) is 0 Å². The van der Waals surface area contributed by atoms with Gasteiger partial charge >= 0.3 is 0 Å². The number of aryl methyl sites for hydroxylation is 1. The first-order valence-corrected chi connectivity index (χ1v) is 7.50. The van der Waals surface area contributed by atoms with Crippen LogP contribution in [0, 0.1) is 0 Å². The van der Waals surface area contributed by atoms with Crippen LogP contribution in [0.15, 0.2) is 30.5 Å². The van der Waals surface area contributed by atoms with E-state index in [1.54, 1.807) is 19.3 Å². The van der Waals surface area contributed by atoms with Crippen molar-refractivity contribution in [3.8, 4) is 0 Å². The number of fused-ring (bicyclic) bond motifs is 1. The quantitative estimate of drug-likeness (QED) is 0.807. The predicted molar refractivity (Wildman–Crippen MR) is 91.8 cm³/mol. The summed E-state index contributed by atoms with van der Waals surface area (Å²) in [6.07, 6.45) is 5.71. The van der Waals surface area contributed by atoms with Crippen molar-refractivity contribution in [3.63, 3.8) is 0 Å². The van der Waals surface area contributed by atoms with Crippen LogP contribution in [0.2, 0.25) is 0 Å². The molecule has 0 saturated heterocycles. The molecular weight excluding hydrogens is 290 g/mol. The van der Waals surface area contributed by atoms with Gasteiger partial charge in [-0.05, 0) is 49.1 Å². The number of carbonyl (C=O) groups is 1. The summed E-state index contributed by atoms with van der Waals surface area (Å²) >= 11 is 0. The van der Waals surface area contributed by atoms with E-state index in [0.717, 1.165) is 24.2 Å². The molecule has 2 heterocycles. The van der Waals surface area contributed by atoms with E-state index in [-0.39, 0.29) is 5.69 Å². The molecule has 2 aromatic rings. The maximum atomic E-state index is 11.6. The Balaban J connectivity index is 1.96. The second-order valence-electron chi connectivity index (χ2n) is 5.48. The number of aromatic nitrogens is 2.